The maximum Gasteiger partial charge on any atom is 0.283 e. The minimum atomic E-state index is -0.133. The molecule has 28 heavy (non-hydrogen) atoms. The number of nitrogens with one attached hydrogen (secondary N) is 2. The highest BCUT2D eigenvalue weighted by atomic mass is 16.5. The number of nitrogens with zero attached hydrogens (tertiary/aromatic N) is 1. The van der Waals surface area contributed by atoms with Gasteiger partial charge in [0.1, 0.15) is 5.75 Å². The number of para-hydroxylation sites is 2. The Morgan fingerprint density at radius 2 is 1.79 bits per heavy atom. The molecule has 1 saturated heterocycles. The van der Waals surface area contributed by atoms with E-state index in [-0.39, 0.29) is 11.9 Å². The van der Waals surface area contributed by atoms with Crippen LogP contribution in [-0.4, -0.2) is 44.7 Å². The molecule has 4 rings (SSSR count). The molecule has 2 aromatic carbocycles. The molecule has 2 aromatic rings. The smallest absolute Gasteiger partial charge is 0.283 e. The molecule has 0 aromatic heterocycles. The van der Waals surface area contributed by atoms with Crippen LogP contribution in [-0.2, 0) is 4.79 Å². The molecule has 2 fully saturated rings. The third-order valence-corrected chi connectivity index (χ3v) is 5.64. The SMILES string of the molecule is CCOc1ccccc1N1CC[NH+]([C@H](C(=O)NC2CC2)c2ccccc2)CC1. The van der Waals surface area contributed by atoms with Crippen molar-refractivity contribution in [2.75, 3.05) is 37.7 Å². The summed E-state index contributed by atoms with van der Waals surface area (Å²) >= 11 is 0. The predicted octanol–water partition coefficient (Wildman–Crippen LogP) is 1.81. The number of piperazine rings is 1. The van der Waals surface area contributed by atoms with Crippen molar-refractivity contribution in [2.24, 2.45) is 0 Å². The van der Waals surface area contributed by atoms with Crippen molar-refractivity contribution in [3.8, 4) is 5.75 Å². The minimum Gasteiger partial charge on any atom is -0.492 e. The van der Waals surface area contributed by atoms with E-state index in [1.807, 2.05) is 37.3 Å². The summed E-state index contributed by atoms with van der Waals surface area (Å²) in [6.07, 6.45) is 2.23. The van der Waals surface area contributed by atoms with E-state index in [0.717, 1.165) is 56.0 Å². The lowest BCUT2D eigenvalue weighted by atomic mass is 10.0. The molecule has 1 aliphatic carbocycles. The maximum atomic E-state index is 13.0. The summed E-state index contributed by atoms with van der Waals surface area (Å²) in [4.78, 5) is 16.7. The Labute approximate surface area is 167 Å². The summed E-state index contributed by atoms with van der Waals surface area (Å²) in [6.45, 7) is 6.37. The number of amides is 1. The number of benzene rings is 2. The Balaban J connectivity index is 1.48. The Bertz CT molecular complexity index is 783. The zero-order valence-corrected chi connectivity index (χ0v) is 16.6. The van der Waals surface area contributed by atoms with E-state index >= 15 is 0 Å². The monoisotopic (exact) mass is 380 g/mol. The third-order valence-electron chi connectivity index (χ3n) is 5.64. The zero-order valence-electron chi connectivity index (χ0n) is 16.6. The number of hydrogen-bond acceptors (Lipinski definition) is 3. The number of hydrogen-bond donors (Lipinski definition) is 2. The van der Waals surface area contributed by atoms with Gasteiger partial charge in [-0.2, -0.15) is 0 Å². The Hall–Kier alpha value is -2.53. The van der Waals surface area contributed by atoms with Gasteiger partial charge in [-0.1, -0.05) is 42.5 Å². The summed E-state index contributed by atoms with van der Waals surface area (Å²) in [6, 6.07) is 18.7. The number of carbonyl (C=O) groups excluding carboxylic acids is 1. The van der Waals surface area contributed by atoms with Crippen LogP contribution >= 0.6 is 0 Å². The quantitative estimate of drug-likeness (QED) is 0.770. The Kier molecular flexibility index (Phi) is 5.81. The Morgan fingerprint density at radius 3 is 2.46 bits per heavy atom. The summed E-state index contributed by atoms with van der Waals surface area (Å²) in [5.41, 5.74) is 2.26. The average molecular weight is 381 g/mol. The van der Waals surface area contributed by atoms with Gasteiger partial charge in [0.2, 0.25) is 0 Å². The molecule has 1 aliphatic heterocycles. The van der Waals surface area contributed by atoms with Crippen LogP contribution in [0.3, 0.4) is 0 Å². The zero-order chi connectivity index (χ0) is 19.3. The van der Waals surface area contributed by atoms with Gasteiger partial charge in [0.15, 0.2) is 6.04 Å². The van der Waals surface area contributed by atoms with E-state index in [1.54, 1.807) is 0 Å². The predicted molar refractivity (Wildman–Crippen MR) is 111 cm³/mol. The lowest BCUT2D eigenvalue weighted by molar-refractivity contribution is -0.922. The highest BCUT2D eigenvalue weighted by Crippen LogP contribution is 2.28. The average Bonchev–Trinajstić information content (AvgIpc) is 3.54. The molecule has 1 saturated carbocycles. The molecule has 2 aliphatic rings. The van der Waals surface area contributed by atoms with Crippen molar-refractivity contribution in [2.45, 2.75) is 31.8 Å². The van der Waals surface area contributed by atoms with Gasteiger partial charge in [-0.05, 0) is 31.9 Å². The fraction of sp³-hybridized carbons (Fsp3) is 0.435. The molecule has 0 spiro atoms. The molecule has 148 valence electrons. The molecule has 0 unspecified atom stereocenters. The van der Waals surface area contributed by atoms with Gasteiger partial charge in [-0.25, -0.2) is 0 Å². The lowest BCUT2D eigenvalue weighted by Gasteiger charge is -2.37. The summed E-state index contributed by atoms with van der Waals surface area (Å²) in [7, 11) is 0. The molecule has 5 nitrogen and oxygen atoms in total. The minimum absolute atomic E-state index is 0.133. The first-order chi connectivity index (χ1) is 13.8. The van der Waals surface area contributed by atoms with Crippen LogP contribution in [0.1, 0.15) is 31.4 Å². The highest BCUT2D eigenvalue weighted by molar-refractivity contribution is 5.82. The molecular weight excluding hydrogens is 350 g/mol. The highest BCUT2D eigenvalue weighted by Gasteiger charge is 2.37. The third kappa shape index (κ3) is 4.30. The largest absolute Gasteiger partial charge is 0.492 e. The standard InChI is InChI=1S/C23H29N3O2/c1-2-28-21-11-7-6-10-20(21)25-14-16-26(17-15-25)22(18-8-4-3-5-9-18)23(27)24-19-12-13-19/h3-11,19,22H,2,12-17H2,1H3,(H,24,27)/p+1/t22-/m0/s1. The van der Waals surface area contributed by atoms with Crippen molar-refractivity contribution >= 4 is 11.6 Å². The molecule has 1 atom stereocenters. The van der Waals surface area contributed by atoms with Gasteiger partial charge >= 0.3 is 0 Å². The lowest BCUT2D eigenvalue weighted by Crippen LogP contribution is -3.16. The van der Waals surface area contributed by atoms with Crippen LogP contribution in [0.5, 0.6) is 5.75 Å². The van der Waals surface area contributed by atoms with Gasteiger partial charge in [0, 0.05) is 11.6 Å². The van der Waals surface area contributed by atoms with Gasteiger partial charge in [0.05, 0.1) is 38.5 Å². The molecule has 2 N–H and O–H groups in total. The number of carbonyl (C=O) groups is 1. The van der Waals surface area contributed by atoms with Gasteiger partial charge in [-0.15, -0.1) is 0 Å². The van der Waals surface area contributed by atoms with Crippen molar-refractivity contribution in [3.63, 3.8) is 0 Å². The van der Waals surface area contributed by atoms with E-state index in [0.29, 0.717) is 12.6 Å². The van der Waals surface area contributed by atoms with Crippen molar-refractivity contribution in [3.05, 3.63) is 60.2 Å². The molecule has 0 bridgehead atoms. The molecule has 0 radical (unpaired) electrons. The summed E-state index contributed by atoms with van der Waals surface area (Å²) in [5, 5.41) is 3.23. The van der Waals surface area contributed by atoms with Crippen LogP contribution in [0.2, 0.25) is 0 Å². The normalized spacial score (nSPS) is 18.5. The fourth-order valence-electron chi connectivity index (χ4n) is 4.05. The summed E-state index contributed by atoms with van der Waals surface area (Å²) in [5.74, 6) is 1.12. The van der Waals surface area contributed by atoms with Crippen molar-refractivity contribution in [1.29, 1.82) is 0 Å². The van der Waals surface area contributed by atoms with Crippen LogP contribution in [0.4, 0.5) is 5.69 Å². The van der Waals surface area contributed by atoms with E-state index in [2.05, 4.69) is 34.5 Å². The number of anilines is 1. The molecule has 1 heterocycles. The van der Waals surface area contributed by atoms with Gasteiger partial charge in [0.25, 0.3) is 5.91 Å². The first-order valence-corrected chi connectivity index (χ1v) is 10.4. The first-order valence-electron chi connectivity index (χ1n) is 10.4. The van der Waals surface area contributed by atoms with E-state index in [1.165, 1.54) is 4.90 Å². The Morgan fingerprint density at radius 1 is 1.11 bits per heavy atom. The number of quaternary nitrogens is 1. The van der Waals surface area contributed by atoms with Crippen LogP contribution < -0.4 is 19.9 Å². The van der Waals surface area contributed by atoms with Crippen molar-refractivity contribution < 1.29 is 14.4 Å². The second-order valence-corrected chi connectivity index (χ2v) is 7.67. The van der Waals surface area contributed by atoms with Crippen LogP contribution in [0.15, 0.2) is 54.6 Å². The number of ether oxygens (including phenoxy) is 1. The second-order valence-electron chi connectivity index (χ2n) is 7.67. The maximum absolute atomic E-state index is 13.0. The van der Waals surface area contributed by atoms with Gasteiger partial charge in [-0.3, -0.25) is 4.79 Å². The van der Waals surface area contributed by atoms with Gasteiger partial charge < -0.3 is 19.9 Å². The van der Waals surface area contributed by atoms with E-state index < -0.39 is 0 Å². The van der Waals surface area contributed by atoms with E-state index in [9.17, 15) is 4.79 Å². The fourth-order valence-corrected chi connectivity index (χ4v) is 4.05. The molecule has 5 heteroatoms. The topological polar surface area (TPSA) is 46.0 Å². The van der Waals surface area contributed by atoms with E-state index in [4.69, 9.17) is 4.74 Å². The van der Waals surface area contributed by atoms with Crippen LogP contribution in [0.25, 0.3) is 0 Å². The molecule has 1 amide bonds. The number of rotatable bonds is 7. The second kappa shape index (κ2) is 8.65. The summed E-state index contributed by atoms with van der Waals surface area (Å²) < 4.78 is 5.81. The van der Waals surface area contributed by atoms with Crippen LogP contribution in [0, 0.1) is 0 Å². The molecular formula is C23H30N3O2+. The first kappa shape index (κ1) is 18.8. The van der Waals surface area contributed by atoms with Crippen molar-refractivity contribution in [1.82, 2.24) is 5.32 Å².